The van der Waals surface area contributed by atoms with Gasteiger partial charge in [0, 0.05) is 22.4 Å². The Hall–Kier alpha value is -1.80. The second-order valence-corrected chi connectivity index (χ2v) is 8.56. The first-order valence-corrected chi connectivity index (χ1v) is 11.3. The van der Waals surface area contributed by atoms with Crippen molar-refractivity contribution < 1.29 is 4.79 Å². The lowest BCUT2D eigenvalue weighted by Crippen LogP contribution is -2.35. The third-order valence-electron chi connectivity index (χ3n) is 5.35. The van der Waals surface area contributed by atoms with Gasteiger partial charge in [-0.05, 0) is 43.5 Å². The van der Waals surface area contributed by atoms with E-state index < -0.39 is 0 Å². The highest BCUT2D eigenvalue weighted by Gasteiger charge is 2.16. The fourth-order valence-electron chi connectivity index (χ4n) is 3.61. The number of benzene rings is 1. The molecular weight excluding hydrogens is 414 g/mol. The van der Waals surface area contributed by atoms with E-state index in [4.69, 9.17) is 0 Å². The predicted molar refractivity (Wildman–Crippen MR) is 119 cm³/mol. The van der Waals surface area contributed by atoms with E-state index in [0.717, 1.165) is 41.4 Å². The highest BCUT2D eigenvalue weighted by molar-refractivity contribution is 9.10. The first-order valence-electron chi connectivity index (χ1n) is 10.5. The van der Waals surface area contributed by atoms with Gasteiger partial charge in [-0.2, -0.15) is 5.26 Å². The molecule has 2 rings (SSSR count). The average molecular weight is 446 g/mol. The number of nitriles is 1. The smallest absolute Gasteiger partial charge is 0.263 e. The zero-order valence-corrected chi connectivity index (χ0v) is 18.5. The number of halogens is 1. The molecule has 0 heterocycles. The van der Waals surface area contributed by atoms with E-state index in [1.807, 2.05) is 31.2 Å². The molecule has 1 amide bonds. The SMILES string of the molecule is Cc1cc(N/C=C(/C#N)C(=O)NC2CCCCCCCCCCC2)ccc1Br. The summed E-state index contributed by atoms with van der Waals surface area (Å²) in [4.78, 5) is 12.6. The maximum absolute atomic E-state index is 12.6. The van der Waals surface area contributed by atoms with Gasteiger partial charge in [0.05, 0.1) is 0 Å². The molecule has 152 valence electrons. The van der Waals surface area contributed by atoms with Crippen molar-refractivity contribution in [2.24, 2.45) is 0 Å². The van der Waals surface area contributed by atoms with Crippen LogP contribution in [0, 0.1) is 18.3 Å². The average Bonchev–Trinajstić information content (AvgIpc) is 2.67. The number of carbonyl (C=O) groups excluding carboxylic acids is 1. The Bertz CT molecular complexity index is 696. The monoisotopic (exact) mass is 445 g/mol. The highest BCUT2D eigenvalue weighted by Crippen LogP contribution is 2.20. The molecule has 0 atom stereocenters. The third-order valence-corrected chi connectivity index (χ3v) is 6.24. The van der Waals surface area contributed by atoms with Crippen LogP contribution in [-0.4, -0.2) is 11.9 Å². The maximum Gasteiger partial charge on any atom is 0.263 e. The molecule has 1 aromatic carbocycles. The number of nitrogens with zero attached hydrogens (tertiary/aromatic N) is 1. The van der Waals surface area contributed by atoms with Gasteiger partial charge in [-0.3, -0.25) is 4.79 Å². The molecule has 4 nitrogen and oxygen atoms in total. The Morgan fingerprint density at radius 3 is 2.18 bits per heavy atom. The number of aryl methyl sites for hydroxylation is 1. The molecule has 0 radical (unpaired) electrons. The van der Waals surface area contributed by atoms with Crippen molar-refractivity contribution >= 4 is 27.5 Å². The first kappa shape index (κ1) is 22.5. The number of rotatable bonds is 4. The molecule has 0 spiro atoms. The van der Waals surface area contributed by atoms with Gasteiger partial charge in [-0.1, -0.05) is 73.7 Å². The number of amides is 1. The number of hydrogen-bond donors (Lipinski definition) is 2. The molecular formula is C23H32BrN3O. The van der Waals surface area contributed by atoms with E-state index in [0.29, 0.717) is 0 Å². The van der Waals surface area contributed by atoms with Crippen LogP contribution >= 0.6 is 15.9 Å². The van der Waals surface area contributed by atoms with Gasteiger partial charge in [0.15, 0.2) is 0 Å². The minimum absolute atomic E-state index is 0.117. The predicted octanol–water partition coefficient (Wildman–Crippen LogP) is 6.37. The van der Waals surface area contributed by atoms with Crippen LogP contribution in [0.25, 0.3) is 0 Å². The van der Waals surface area contributed by atoms with Crippen LogP contribution in [0.2, 0.25) is 0 Å². The van der Waals surface area contributed by atoms with Crippen LogP contribution in [0.4, 0.5) is 5.69 Å². The third kappa shape index (κ3) is 8.06. The van der Waals surface area contributed by atoms with Gasteiger partial charge in [0.25, 0.3) is 5.91 Å². The molecule has 1 aliphatic rings. The second kappa shape index (κ2) is 12.6. The largest absolute Gasteiger partial charge is 0.360 e. The van der Waals surface area contributed by atoms with Crippen molar-refractivity contribution in [3.05, 3.63) is 40.0 Å². The Balaban J connectivity index is 1.93. The summed E-state index contributed by atoms with van der Waals surface area (Å²) in [5, 5.41) is 15.6. The lowest BCUT2D eigenvalue weighted by Gasteiger charge is -2.19. The molecule has 0 aromatic heterocycles. The summed E-state index contributed by atoms with van der Waals surface area (Å²) < 4.78 is 1.03. The fourth-order valence-corrected chi connectivity index (χ4v) is 3.86. The summed E-state index contributed by atoms with van der Waals surface area (Å²) in [5.74, 6) is -0.277. The minimum Gasteiger partial charge on any atom is -0.360 e. The second-order valence-electron chi connectivity index (χ2n) is 7.71. The van der Waals surface area contributed by atoms with Crippen LogP contribution in [-0.2, 0) is 4.79 Å². The maximum atomic E-state index is 12.6. The van der Waals surface area contributed by atoms with Crippen LogP contribution in [0.1, 0.15) is 76.2 Å². The molecule has 1 aliphatic carbocycles. The standard InChI is InChI=1S/C23H32BrN3O/c1-18-15-21(13-14-22(18)24)26-17-19(16-25)23(28)27-20-11-9-7-5-3-2-4-6-8-10-12-20/h13-15,17,20,26H,2-12H2,1H3,(H,27,28)/b19-17-. The van der Waals surface area contributed by atoms with E-state index in [9.17, 15) is 10.1 Å². The Morgan fingerprint density at radius 1 is 1.07 bits per heavy atom. The molecule has 2 N–H and O–H groups in total. The summed E-state index contributed by atoms with van der Waals surface area (Å²) in [6.07, 6.45) is 14.9. The zero-order valence-electron chi connectivity index (χ0n) is 16.9. The van der Waals surface area contributed by atoms with E-state index in [-0.39, 0.29) is 17.5 Å². The van der Waals surface area contributed by atoms with Gasteiger partial charge in [0.2, 0.25) is 0 Å². The summed E-state index contributed by atoms with van der Waals surface area (Å²) >= 11 is 3.47. The number of nitrogens with one attached hydrogen (secondary N) is 2. The van der Waals surface area contributed by atoms with Gasteiger partial charge in [0.1, 0.15) is 11.6 Å². The molecule has 0 saturated heterocycles. The van der Waals surface area contributed by atoms with Crippen molar-refractivity contribution in [3.8, 4) is 6.07 Å². The van der Waals surface area contributed by atoms with Crippen molar-refractivity contribution in [2.45, 2.75) is 83.6 Å². The molecule has 5 heteroatoms. The fraction of sp³-hybridized carbons (Fsp3) is 0.565. The number of anilines is 1. The lowest BCUT2D eigenvalue weighted by atomic mass is 9.98. The van der Waals surface area contributed by atoms with Crippen LogP contribution < -0.4 is 10.6 Å². The van der Waals surface area contributed by atoms with Gasteiger partial charge in [-0.25, -0.2) is 0 Å². The summed E-state index contributed by atoms with van der Waals surface area (Å²) in [5.41, 5.74) is 2.06. The molecule has 1 saturated carbocycles. The molecule has 1 fully saturated rings. The Labute approximate surface area is 177 Å². The quantitative estimate of drug-likeness (QED) is 0.417. The summed E-state index contributed by atoms with van der Waals surface area (Å²) in [7, 11) is 0. The van der Waals surface area contributed by atoms with Crippen molar-refractivity contribution in [3.63, 3.8) is 0 Å². The summed E-state index contributed by atoms with van der Waals surface area (Å²) in [6.45, 7) is 2.00. The molecule has 1 aromatic rings. The molecule has 28 heavy (non-hydrogen) atoms. The van der Waals surface area contributed by atoms with E-state index in [1.54, 1.807) is 0 Å². The van der Waals surface area contributed by atoms with E-state index in [1.165, 1.54) is 51.1 Å². The van der Waals surface area contributed by atoms with Crippen LogP contribution in [0.5, 0.6) is 0 Å². The van der Waals surface area contributed by atoms with Gasteiger partial charge in [-0.15, -0.1) is 0 Å². The number of hydrogen-bond acceptors (Lipinski definition) is 3. The van der Waals surface area contributed by atoms with Crippen molar-refractivity contribution in [1.82, 2.24) is 5.32 Å². The number of carbonyl (C=O) groups is 1. The first-order chi connectivity index (χ1) is 13.6. The lowest BCUT2D eigenvalue weighted by molar-refractivity contribution is -0.117. The highest BCUT2D eigenvalue weighted by atomic mass is 79.9. The topological polar surface area (TPSA) is 64.9 Å². The molecule has 0 unspecified atom stereocenters. The van der Waals surface area contributed by atoms with E-state index in [2.05, 4.69) is 26.6 Å². The van der Waals surface area contributed by atoms with Gasteiger partial charge >= 0.3 is 0 Å². The normalized spacial score (nSPS) is 17.7. The van der Waals surface area contributed by atoms with E-state index >= 15 is 0 Å². The summed E-state index contributed by atoms with van der Waals surface area (Å²) in [6, 6.07) is 8.03. The minimum atomic E-state index is -0.277. The van der Waals surface area contributed by atoms with Crippen LogP contribution in [0.15, 0.2) is 34.4 Å². The Kier molecular flexibility index (Phi) is 10.1. The van der Waals surface area contributed by atoms with Crippen LogP contribution in [0.3, 0.4) is 0 Å². The Morgan fingerprint density at radius 2 is 1.64 bits per heavy atom. The molecule has 0 aliphatic heterocycles. The van der Waals surface area contributed by atoms with Gasteiger partial charge < -0.3 is 10.6 Å². The zero-order chi connectivity index (χ0) is 20.2. The van der Waals surface area contributed by atoms with Crippen molar-refractivity contribution in [1.29, 1.82) is 5.26 Å². The molecule has 0 bridgehead atoms. The van der Waals surface area contributed by atoms with Crippen molar-refractivity contribution in [2.75, 3.05) is 5.32 Å².